The summed E-state index contributed by atoms with van der Waals surface area (Å²) in [6.45, 7) is 0. The SMILES string of the molecule is Clc1ccc(/C=C/C=C/c2ccccn2)cc1. The van der Waals surface area contributed by atoms with Gasteiger partial charge in [-0.05, 0) is 35.9 Å². The van der Waals surface area contributed by atoms with E-state index in [1.807, 2.05) is 66.8 Å². The smallest absolute Gasteiger partial charge is 0.0629 e. The number of rotatable bonds is 3. The largest absolute Gasteiger partial charge is 0.257 e. The quantitative estimate of drug-likeness (QED) is 0.723. The fourth-order valence-corrected chi connectivity index (χ4v) is 1.50. The Kier molecular flexibility index (Phi) is 4.11. The van der Waals surface area contributed by atoms with Crippen molar-refractivity contribution in [3.05, 3.63) is 77.1 Å². The summed E-state index contributed by atoms with van der Waals surface area (Å²) in [6, 6.07) is 13.6. The van der Waals surface area contributed by atoms with Crippen LogP contribution in [-0.4, -0.2) is 4.98 Å². The van der Waals surface area contributed by atoms with E-state index in [-0.39, 0.29) is 0 Å². The van der Waals surface area contributed by atoms with Crippen molar-refractivity contribution in [1.29, 1.82) is 0 Å². The van der Waals surface area contributed by atoms with Crippen molar-refractivity contribution in [2.24, 2.45) is 0 Å². The van der Waals surface area contributed by atoms with Gasteiger partial charge in [-0.2, -0.15) is 0 Å². The van der Waals surface area contributed by atoms with E-state index in [9.17, 15) is 0 Å². The summed E-state index contributed by atoms with van der Waals surface area (Å²) in [5.74, 6) is 0. The highest BCUT2D eigenvalue weighted by Gasteiger charge is 1.86. The Morgan fingerprint density at radius 2 is 1.65 bits per heavy atom. The lowest BCUT2D eigenvalue weighted by Crippen LogP contribution is -1.75. The molecule has 84 valence electrons. The molecule has 0 N–H and O–H groups in total. The van der Waals surface area contributed by atoms with Crippen LogP contribution < -0.4 is 0 Å². The molecule has 0 bridgehead atoms. The van der Waals surface area contributed by atoms with Crippen molar-refractivity contribution in [1.82, 2.24) is 4.98 Å². The lowest BCUT2D eigenvalue weighted by molar-refractivity contribution is 1.30. The fourth-order valence-electron chi connectivity index (χ4n) is 1.37. The fraction of sp³-hybridized carbons (Fsp3) is 0. The van der Waals surface area contributed by atoms with Gasteiger partial charge < -0.3 is 0 Å². The monoisotopic (exact) mass is 241 g/mol. The summed E-state index contributed by atoms with van der Waals surface area (Å²) < 4.78 is 0. The van der Waals surface area contributed by atoms with Gasteiger partial charge in [-0.1, -0.05) is 48.0 Å². The van der Waals surface area contributed by atoms with Gasteiger partial charge in [0.2, 0.25) is 0 Å². The molecule has 0 aliphatic rings. The van der Waals surface area contributed by atoms with Crippen LogP contribution in [0.2, 0.25) is 5.02 Å². The molecule has 1 aromatic heterocycles. The molecule has 0 amide bonds. The summed E-state index contributed by atoms with van der Waals surface area (Å²) in [6.07, 6.45) is 9.72. The highest BCUT2D eigenvalue weighted by atomic mass is 35.5. The molecular weight excluding hydrogens is 230 g/mol. The van der Waals surface area contributed by atoms with E-state index >= 15 is 0 Å². The van der Waals surface area contributed by atoms with Gasteiger partial charge in [-0.25, -0.2) is 0 Å². The number of hydrogen-bond acceptors (Lipinski definition) is 1. The number of hydrogen-bond donors (Lipinski definition) is 0. The van der Waals surface area contributed by atoms with E-state index in [0.29, 0.717) is 0 Å². The van der Waals surface area contributed by atoms with E-state index < -0.39 is 0 Å². The molecule has 1 heterocycles. The van der Waals surface area contributed by atoms with E-state index in [4.69, 9.17) is 11.6 Å². The van der Waals surface area contributed by atoms with Crippen molar-refractivity contribution in [3.8, 4) is 0 Å². The van der Waals surface area contributed by atoms with E-state index in [1.54, 1.807) is 6.20 Å². The Morgan fingerprint density at radius 1 is 0.882 bits per heavy atom. The maximum Gasteiger partial charge on any atom is 0.0629 e. The van der Waals surface area contributed by atoms with Crippen molar-refractivity contribution in [2.45, 2.75) is 0 Å². The van der Waals surface area contributed by atoms with Crippen LogP contribution >= 0.6 is 11.6 Å². The van der Waals surface area contributed by atoms with Gasteiger partial charge >= 0.3 is 0 Å². The van der Waals surface area contributed by atoms with Crippen LogP contribution in [-0.2, 0) is 0 Å². The summed E-state index contributed by atoms with van der Waals surface area (Å²) in [5.41, 5.74) is 2.08. The second-order valence-electron chi connectivity index (χ2n) is 3.52. The molecule has 0 aliphatic carbocycles. The second kappa shape index (κ2) is 6.02. The molecule has 1 nitrogen and oxygen atoms in total. The minimum absolute atomic E-state index is 0.756. The molecule has 0 saturated carbocycles. The number of halogens is 1. The molecule has 2 heteroatoms. The maximum absolute atomic E-state index is 5.81. The first-order valence-electron chi connectivity index (χ1n) is 5.36. The first-order valence-corrected chi connectivity index (χ1v) is 5.74. The van der Waals surface area contributed by atoms with Gasteiger partial charge in [-0.3, -0.25) is 4.98 Å². The van der Waals surface area contributed by atoms with Gasteiger partial charge in [0.15, 0.2) is 0 Å². The van der Waals surface area contributed by atoms with E-state index in [0.717, 1.165) is 16.3 Å². The van der Waals surface area contributed by atoms with Crippen LogP contribution in [0.3, 0.4) is 0 Å². The zero-order chi connectivity index (χ0) is 11.9. The standard InChI is InChI=1S/C15H12ClN/c16-14-10-8-13(9-11-14)5-1-2-6-15-7-3-4-12-17-15/h1-12H/b5-1+,6-2+. The second-order valence-corrected chi connectivity index (χ2v) is 3.96. The number of pyridine rings is 1. The molecule has 17 heavy (non-hydrogen) atoms. The molecular formula is C15H12ClN. The molecule has 0 radical (unpaired) electrons. The zero-order valence-corrected chi connectivity index (χ0v) is 10.0. The van der Waals surface area contributed by atoms with Crippen molar-refractivity contribution in [2.75, 3.05) is 0 Å². The lowest BCUT2D eigenvalue weighted by Gasteiger charge is -1.92. The Hall–Kier alpha value is -1.86. The minimum atomic E-state index is 0.756. The third-order valence-electron chi connectivity index (χ3n) is 2.22. The zero-order valence-electron chi connectivity index (χ0n) is 9.25. The minimum Gasteiger partial charge on any atom is -0.257 e. The molecule has 0 unspecified atom stereocenters. The lowest BCUT2D eigenvalue weighted by atomic mass is 10.2. The maximum atomic E-state index is 5.81. The Morgan fingerprint density at radius 3 is 2.35 bits per heavy atom. The van der Waals surface area contributed by atoms with Crippen molar-refractivity contribution < 1.29 is 0 Å². The van der Waals surface area contributed by atoms with Gasteiger partial charge in [0.1, 0.15) is 0 Å². The summed E-state index contributed by atoms with van der Waals surface area (Å²) in [7, 11) is 0. The van der Waals surface area contributed by atoms with Gasteiger partial charge in [0.05, 0.1) is 5.69 Å². The molecule has 2 aromatic rings. The summed E-state index contributed by atoms with van der Waals surface area (Å²) in [4.78, 5) is 4.20. The van der Waals surface area contributed by atoms with Crippen LogP contribution in [0.5, 0.6) is 0 Å². The first-order chi connectivity index (χ1) is 8.34. The number of allylic oxidation sites excluding steroid dienone is 2. The molecule has 0 atom stereocenters. The van der Waals surface area contributed by atoms with Crippen LogP contribution in [0, 0.1) is 0 Å². The first kappa shape index (κ1) is 11.6. The van der Waals surface area contributed by atoms with Crippen molar-refractivity contribution >= 4 is 23.8 Å². The van der Waals surface area contributed by atoms with Crippen molar-refractivity contribution in [3.63, 3.8) is 0 Å². The third-order valence-corrected chi connectivity index (χ3v) is 2.48. The molecule has 0 fully saturated rings. The number of nitrogens with zero attached hydrogens (tertiary/aromatic N) is 1. The van der Waals surface area contributed by atoms with Gasteiger partial charge in [0.25, 0.3) is 0 Å². The molecule has 0 spiro atoms. The van der Waals surface area contributed by atoms with Crippen LogP contribution in [0.25, 0.3) is 12.2 Å². The molecule has 2 rings (SSSR count). The Bertz CT molecular complexity index is 512. The van der Waals surface area contributed by atoms with Crippen LogP contribution in [0.4, 0.5) is 0 Å². The predicted molar refractivity (Wildman–Crippen MR) is 73.8 cm³/mol. The average molecular weight is 242 g/mol. The van der Waals surface area contributed by atoms with Crippen LogP contribution in [0.15, 0.2) is 60.8 Å². The normalized spacial score (nSPS) is 11.4. The third kappa shape index (κ3) is 3.89. The number of benzene rings is 1. The summed E-state index contributed by atoms with van der Waals surface area (Å²) >= 11 is 5.81. The Balaban J connectivity index is 1.98. The van der Waals surface area contributed by atoms with E-state index in [1.165, 1.54) is 0 Å². The van der Waals surface area contributed by atoms with Crippen LogP contribution in [0.1, 0.15) is 11.3 Å². The van der Waals surface area contributed by atoms with Gasteiger partial charge in [-0.15, -0.1) is 0 Å². The molecule has 1 aromatic carbocycles. The summed E-state index contributed by atoms with van der Waals surface area (Å²) in [5, 5.41) is 0.756. The Labute approximate surface area is 106 Å². The van der Waals surface area contributed by atoms with Gasteiger partial charge in [0, 0.05) is 11.2 Å². The molecule has 0 aliphatic heterocycles. The highest BCUT2D eigenvalue weighted by molar-refractivity contribution is 6.30. The number of aromatic nitrogens is 1. The topological polar surface area (TPSA) is 12.9 Å². The predicted octanol–water partition coefficient (Wildman–Crippen LogP) is 4.46. The average Bonchev–Trinajstić information content (AvgIpc) is 2.38. The van der Waals surface area contributed by atoms with E-state index in [2.05, 4.69) is 4.98 Å². The highest BCUT2D eigenvalue weighted by Crippen LogP contribution is 2.10. The molecule has 0 saturated heterocycles.